The number of hydrogen-bond donors (Lipinski definition) is 1. The lowest BCUT2D eigenvalue weighted by atomic mass is 10.0. The molecule has 0 radical (unpaired) electrons. The van der Waals surface area contributed by atoms with Gasteiger partial charge in [-0.05, 0) is 44.7 Å². The Bertz CT molecular complexity index is 567. The SMILES string of the molecule is COCCNC(c1ccc(C)s1)c1nc2c(s1)CCCC2. The Hall–Kier alpha value is -0.750. The van der Waals surface area contributed by atoms with Crippen LogP contribution in [0.15, 0.2) is 12.1 Å². The Morgan fingerprint density at radius 1 is 1.29 bits per heavy atom. The largest absolute Gasteiger partial charge is 0.383 e. The van der Waals surface area contributed by atoms with E-state index in [0.29, 0.717) is 0 Å². The summed E-state index contributed by atoms with van der Waals surface area (Å²) in [5.41, 5.74) is 1.34. The Balaban J connectivity index is 1.85. The van der Waals surface area contributed by atoms with Crippen LogP contribution in [0.5, 0.6) is 0 Å². The van der Waals surface area contributed by atoms with E-state index in [9.17, 15) is 0 Å². The van der Waals surface area contributed by atoms with Crippen molar-refractivity contribution >= 4 is 22.7 Å². The summed E-state index contributed by atoms with van der Waals surface area (Å²) in [5, 5.41) is 4.83. The predicted octanol–water partition coefficient (Wildman–Crippen LogP) is 3.72. The molecule has 1 unspecified atom stereocenters. The van der Waals surface area contributed by atoms with E-state index in [1.807, 2.05) is 22.7 Å². The second-order valence-corrected chi connectivity index (χ2v) is 7.89. The molecule has 0 aromatic carbocycles. The summed E-state index contributed by atoms with van der Waals surface area (Å²) in [6.45, 7) is 3.74. The van der Waals surface area contributed by atoms with Crippen molar-refractivity contribution in [1.82, 2.24) is 10.3 Å². The smallest absolute Gasteiger partial charge is 0.115 e. The fraction of sp³-hybridized carbons (Fsp3) is 0.562. The normalized spacial score (nSPS) is 15.9. The first-order valence-corrected chi connectivity index (χ1v) is 9.18. The van der Waals surface area contributed by atoms with Crippen LogP contribution in [0.4, 0.5) is 0 Å². The maximum Gasteiger partial charge on any atom is 0.115 e. The van der Waals surface area contributed by atoms with Gasteiger partial charge in [-0.15, -0.1) is 22.7 Å². The molecule has 3 nitrogen and oxygen atoms in total. The standard InChI is InChI=1S/C16H22N2OS2/c1-11-7-8-14(20-11)15(17-9-10-19-2)16-18-12-5-3-4-6-13(12)21-16/h7-8,15,17H,3-6,9-10H2,1-2H3. The molecule has 0 amide bonds. The molecule has 0 aliphatic heterocycles. The number of methoxy groups -OCH3 is 1. The molecule has 0 fully saturated rings. The Morgan fingerprint density at radius 2 is 2.14 bits per heavy atom. The van der Waals surface area contributed by atoms with Crippen LogP contribution in [0.1, 0.15) is 44.2 Å². The van der Waals surface area contributed by atoms with Gasteiger partial charge in [-0.25, -0.2) is 4.98 Å². The summed E-state index contributed by atoms with van der Waals surface area (Å²) >= 11 is 3.76. The van der Waals surface area contributed by atoms with Gasteiger partial charge in [0.1, 0.15) is 5.01 Å². The van der Waals surface area contributed by atoms with Crippen molar-refractivity contribution in [1.29, 1.82) is 0 Å². The molecule has 5 heteroatoms. The van der Waals surface area contributed by atoms with Gasteiger partial charge in [0.25, 0.3) is 0 Å². The average Bonchev–Trinajstić information content (AvgIpc) is 3.09. The second-order valence-electron chi connectivity index (χ2n) is 5.46. The minimum Gasteiger partial charge on any atom is -0.383 e. The molecule has 3 rings (SSSR count). The molecular formula is C16H22N2OS2. The monoisotopic (exact) mass is 322 g/mol. The highest BCUT2D eigenvalue weighted by Gasteiger charge is 2.23. The van der Waals surface area contributed by atoms with Gasteiger partial charge in [-0.1, -0.05) is 0 Å². The zero-order chi connectivity index (χ0) is 14.7. The number of fused-ring (bicyclic) bond motifs is 1. The van der Waals surface area contributed by atoms with Gasteiger partial charge >= 0.3 is 0 Å². The number of aromatic nitrogens is 1. The third-order valence-corrected chi connectivity index (χ3v) is 6.10. The van der Waals surface area contributed by atoms with Crippen molar-refractivity contribution < 1.29 is 4.74 Å². The van der Waals surface area contributed by atoms with Crippen LogP contribution in [-0.4, -0.2) is 25.2 Å². The Labute approximate surface area is 134 Å². The molecule has 1 atom stereocenters. The number of ether oxygens (including phenoxy) is 1. The molecule has 1 N–H and O–H groups in total. The molecule has 114 valence electrons. The van der Waals surface area contributed by atoms with Crippen LogP contribution >= 0.6 is 22.7 Å². The minimum absolute atomic E-state index is 0.217. The molecule has 1 aliphatic carbocycles. The van der Waals surface area contributed by atoms with Crippen molar-refractivity contribution in [3.05, 3.63) is 37.5 Å². The predicted molar refractivity (Wildman–Crippen MR) is 89.5 cm³/mol. The summed E-state index contributed by atoms with van der Waals surface area (Å²) < 4.78 is 5.17. The molecule has 2 aromatic heterocycles. The van der Waals surface area contributed by atoms with Crippen molar-refractivity contribution in [3.63, 3.8) is 0 Å². The highest BCUT2D eigenvalue weighted by atomic mass is 32.1. The summed E-state index contributed by atoms with van der Waals surface area (Å²) in [7, 11) is 1.74. The summed E-state index contributed by atoms with van der Waals surface area (Å²) in [6, 6.07) is 4.64. The van der Waals surface area contributed by atoms with Crippen LogP contribution < -0.4 is 5.32 Å². The van der Waals surface area contributed by atoms with Gasteiger partial charge in [0.15, 0.2) is 0 Å². The maximum absolute atomic E-state index is 5.17. The van der Waals surface area contributed by atoms with E-state index in [-0.39, 0.29) is 6.04 Å². The molecule has 0 saturated heterocycles. The average molecular weight is 322 g/mol. The first-order chi connectivity index (χ1) is 10.3. The van der Waals surface area contributed by atoms with E-state index in [0.717, 1.165) is 19.6 Å². The summed E-state index contributed by atoms with van der Waals surface area (Å²) in [6.07, 6.45) is 4.96. The number of nitrogens with one attached hydrogen (secondary N) is 1. The Morgan fingerprint density at radius 3 is 2.86 bits per heavy atom. The second kappa shape index (κ2) is 7.01. The van der Waals surface area contributed by atoms with Gasteiger partial charge in [-0.3, -0.25) is 0 Å². The fourth-order valence-electron chi connectivity index (χ4n) is 2.72. The van der Waals surface area contributed by atoms with Crippen LogP contribution in [0, 0.1) is 6.92 Å². The quantitative estimate of drug-likeness (QED) is 0.823. The van der Waals surface area contributed by atoms with Gasteiger partial charge in [-0.2, -0.15) is 0 Å². The molecule has 2 heterocycles. The van der Waals surface area contributed by atoms with Crippen molar-refractivity contribution in [2.24, 2.45) is 0 Å². The van der Waals surface area contributed by atoms with E-state index < -0.39 is 0 Å². The van der Waals surface area contributed by atoms with Crippen LogP contribution in [-0.2, 0) is 17.6 Å². The zero-order valence-corrected chi connectivity index (χ0v) is 14.3. The lowest BCUT2D eigenvalue weighted by molar-refractivity contribution is 0.197. The lowest BCUT2D eigenvalue weighted by Crippen LogP contribution is -2.25. The maximum atomic E-state index is 5.17. The highest BCUT2D eigenvalue weighted by molar-refractivity contribution is 7.13. The Kier molecular flexibility index (Phi) is 5.06. The first-order valence-electron chi connectivity index (χ1n) is 7.55. The summed E-state index contributed by atoms with van der Waals surface area (Å²) in [4.78, 5) is 9.15. The lowest BCUT2D eigenvalue weighted by Gasteiger charge is -2.14. The van der Waals surface area contributed by atoms with E-state index in [2.05, 4.69) is 24.4 Å². The highest BCUT2D eigenvalue weighted by Crippen LogP contribution is 2.34. The van der Waals surface area contributed by atoms with Gasteiger partial charge < -0.3 is 10.1 Å². The third-order valence-electron chi connectivity index (χ3n) is 3.81. The van der Waals surface area contributed by atoms with E-state index in [4.69, 9.17) is 9.72 Å². The van der Waals surface area contributed by atoms with Gasteiger partial charge in [0, 0.05) is 28.3 Å². The molecule has 21 heavy (non-hydrogen) atoms. The van der Waals surface area contributed by atoms with Crippen molar-refractivity contribution in [3.8, 4) is 0 Å². The molecule has 1 aliphatic rings. The number of rotatable bonds is 6. The van der Waals surface area contributed by atoms with Crippen LogP contribution in [0.25, 0.3) is 0 Å². The van der Waals surface area contributed by atoms with E-state index >= 15 is 0 Å². The third kappa shape index (κ3) is 3.54. The number of nitrogens with zero attached hydrogens (tertiary/aromatic N) is 1. The summed E-state index contributed by atoms with van der Waals surface area (Å²) in [5.74, 6) is 0. The van der Waals surface area contributed by atoms with E-state index in [1.165, 1.54) is 44.6 Å². The van der Waals surface area contributed by atoms with Crippen LogP contribution in [0.2, 0.25) is 0 Å². The molecule has 0 bridgehead atoms. The first kappa shape index (κ1) is 15.2. The number of aryl methyl sites for hydroxylation is 3. The number of hydrogen-bond acceptors (Lipinski definition) is 5. The van der Waals surface area contributed by atoms with Gasteiger partial charge in [0.2, 0.25) is 0 Å². The van der Waals surface area contributed by atoms with Crippen molar-refractivity contribution in [2.75, 3.05) is 20.3 Å². The minimum atomic E-state index is 0.217. The zero-order valence-electron chi connectivity index (χ0n) is 12.6. The fourth-order valence-corrected chi connectivity index (χ4v) is 5.00. The van der Waals surface area contributed by atoms with E-state index in [1.54, 1.807) is 7.11 Å². The van der Waals surface area contributed by atoms with Gasteiger partial charge in [0.05, 0.1) is 18.3 Å². The molecule has 0 saturated carbocycles. The number of thiazole rings is 1. The van der Waals surface area contributed by atoms with Crippen molar-refractivity contribution in [2.45, 2.75) is 38.6 Å². The van der Waals surface area contributed by atoms with Crippen LogP contribution in [0.3, 0.4) is 0 Å². The molecule has 0 spiro atoms. The molecular weight excluding hydrogens is 300 g/mol. The molecule has 2 aromatic rings. The topological polar surface area (TPSA) is 34.1 Å². The number of thiophene rings is 1.